The quantitative estimate of drug-likeness (QED) is 0.447. The van der Waals surface area contributed by atoms with Gasteiger partial charge in [0.1, 0.15) is 12.1 Å². The minimum atomic E-state index is 0.843. The summed E-state index contributed by atoms with van der Waals surface area (Å²) in [5.74, 6) is 0.843. The van der Waals surface area contributed by atoms with E-state index >= 15 is 0 Å². The molecule has 0 bridgehead atoms. The second-order valence-electron chi connectivity index (χ2n) is 7.46. The van der Waals surface area contributed by atoms with Crippen molar-refractivity contribution in [3.8, 4) is 17.1 Å². The number of hydrogen-bond acceptors (Lipinski definition) is 6. The number of pyridine rings is 1. The van der Waals surface area contributed by atoms with Crippen molar-refractivity contribution < 1.29 is 0 Å². The van der Waals surface area contributed by atoms with Gasteiger partial charge in [-0.2, -0.15) is 0 Å². The lowest BCUT2D eigenvalue weighted by Crippen LogP contribution is -2.17. The predicted molar refractivity (Wildman–Crippen MR) is 125 cm³/mol. The maximum absolute atomic E-state index is 4.78. The van der Waals surface area contributed by atoms with Crippen molar-refractivity contribution in [1.82, 2.24) is 19.5 Å². The van der Waals surface area contributed by atoms with Crippen LogP contribution in [0, 0.1) is 20.8 Å². The molecule has 0 spiro atoms. The lowest BCUT2D eigenvalue weighted by molar-refractivity contribution is 0.960. The number of hydrogen-bond donors (Lipinski definition) is 1. The fourth-order valence-corrected chi connectivity index (χ4v) is 4.10. The Kier molecular flexibility index (Phi) is 5.55. The fourth-order valence-electron chi connectivity index (χ4n) is 3.37. The second-order valence-corrected chi connectivity index (χ2v) is 8.32. The smallest absolute Gasteiger partial charge is 0.187 e. The van der Waals surface area contributed by atoms with Gasteiger partial charge < -0.3 is 10.2 Å². The van der Waals surface area contributed by atoms with Gasteiger partial charge in [-0.25, -0.2) is 15.0 Å². The summed E-state index contributed by atoms with van der Waals surface area (Å²) in [6.07, 6.45) is 5.59. The highest BCUT2D eigenvalue weighted by atomic mass is 32.1. The van der Waals surface area contributed by atoms with E-state index in [1.807, 2.05) is 36.0 Å². The van der Waals surface area contributed by atoms with Crippen molar-refractivity contribution >= 4 is 27.8 Å². The molecule has 4 rings (SSSR count). The average Bonchev–Trinajstić information content (AvgIpc) is 3.39. The molecule has 30 heavy (non-hydrogen) atoms. The van der Waals surface area contributed by atoms with Gasteiger partial charge in [0.25, 0.3) is 0 Å². The molecule has 3 heterocycles. The second kappa shape index (κ2) is 8.28. The Balaban J connectivity index is 1.55. The van der Waals surface area contributed by atoms with Crippen LogP contribution in [0.3, 0.4) is 0 Å². The molecule has 0 saturated heterocycles. The van der Waals surface area contributed by atoms with Crippen LogP contribution in [0.2, 0.25) is 0 Å². The van der Waals surface area contributed by atoms with E-state index in [0.717, 1.165) is 40.1 Å². The third kappa shape index (κ3) is 4.07. The van der Waals surface area contributed by atoms with E-state index < -0.39 is 0 Å². The van der Waals surface area contributed by atoms with Gasteiger partial charge in [-0.15, -0.1) is 11.3 Å². The summed E-state index contributed by atoms with van der Waals surface area (Å²) in [7, 11) is 2.12. The summed E-state index contributed by atoms with van der Waals surface area (Å²) in [5, 5.41) is 6.43. The van der Waals surface area contributed by atoms with Crippen LogP contribution >= 0.6 is 11.3 Å². The van der Waals surface area contributed by atoms with E-state index in [0.29, 0.717) is 0 Å². The number of anilines is 3. The third-order valence-corrected chi connectivity index (χ3v) is 5.95. The van der Waals surface area contributed by atoms with E-state index in [4.69, 9.17) is 4.98 Å². The normalized spacial score (nSPS) is 11.0. The molecule has 7 heteroatoms. The summed E-state index contributed by atoms with van der Waals surface area (Å²) in [5.41, 5.74) is 7.68. The van der Waals surface area contributed by atoms with Crippen LogP contribution < -0.4 is 10.2 Å². The predicted octanol–water partition coefficient (Wildman–Crippen LogP) is 5.52. The zero-order chi connectivity index (χ0) is 21.3. The Morgan fingerprint density at radius 3 is 2.60 bits per heavy atom. The minimum Gasteiger partial charge on any atom is -0.375 e. The number of thiazole rings is 1. The van der Waals surface area contributed by atoms with Gasteiger partial charge in [0.2, 0.25) is 0 Å². The molecular weight excluding hydrogens is 392 g/mol. The Morgan fingerprint density at radius 1 is 1.10 bits per heavy atom. The molecule has 154 valence electrons. The molecule has 0 atom stereocenters. The zero-order valence-electron chi connectivity index (χ0n) is 18.0. The van der Waals surface area contributed by atoms with Crippen LogP contribution in [0.5, 0.6) is 0 Å². The first-order valence-electron chi connectivity index (χ1n) is 9.97. The van der Waals surface area contributed by atoms with Gasteiger partial charge >= 0.3 is 0 Å². The topological polar surface area (TPSA) is 58.9 Å². The van der Waals surface area contributed by atoms with Gasteiger partial charge in [-0.3, -0.25) is 4.57 Å². The lowest BCUT2D eigenvalue weighted by Gasteiger charge is -2.21. The first-order chi connectivity index (χ1) is 14.4. The Morgan fingerprint density at radius 2 is 1.93 bits per heavy atom. The van der Waals surface area contributed by atoms with Crippen LogP contribution in [0.25, 0.3) is 17.1 Å². The first kappa shape index (κ1) is 20.1. The summed E-state index contributed by atoms with van der Waals surface area (Å²) in [4.78, 5) is 15.8. The van der Waals surface area contributed by atoms with Crippen LogP contribution in [-0.4, -0.2) is 33.1 Å². The molecule has 0 aliphatic rings. The number of rotatable bonds is 6. The lowest BCUT2D eigenvalue weighted by atomic mass is 10.1. The highest BCUT2D eigenvalue weighted by Gasteiger charge is 2.11. The van der Waals surface area contributed by atoms with E-state index in [1.54, 1.807) is 17.7 Å². The highest BCUT2D eigenvalue weighted by Crippen LogP contribution is 2.32. The molecule has 3 aromatic heterocycles. The van der Waals surface area contributed by atoms with Crippen molar-refractivity contribution in [2.45, 2.75) is 27.7 Å². The largest absolute Gasteiger partial charge is 0.375 e. The van der Waals surface area contributed by atoms with Crippen molar-refractivity contribution in [3.05, 3.63) is 65.2 Å². The van der Waals surface area contributed by atoms with Crippen LogP contribution in [0.15, 0.2) is 48.4 Å². The molecule has 0 aliphatic heterocycles. The van der Waals surface area contributed by atoms with E-state index in [1.165, 1.54) is 16.8 Å². The number of aromatic nitrogens is 4. The molecule has 1 N–H and O–H groups in total. The monoisotopic (exact) mass is 418 g/mol. The van der Waals surface area contributed by atoms with Gasteiger partial charge in [-0.05, 0) is 57.0 Å². The zero-order valence-corrected chi connectivity index (χ0v) is 18.8. The number of nitrogens with one attached hydrogen (secondary N) is 1. The molecule has 0 unspecified atom stereocenters. The summed E-state index contributed by atoms with van der Waals surface area (Å²) in [6, 6.07) is 8.46. The van der Waals surface area contributed by atoms with Crippen LogP contribution in [-0.2, 0) is 0 Å². The van der Waals surface area contributed by atoms with Gasteiger partial charge in [0.05, 0.1) is 11.4 Å². The number of imidazole rings is 1. The van der Waals surface area contributed by atoms with Gasteiger partial charge in [0.15, 0.2) is 5.13 Å². The van der Waals surface area contributed by atoms with Crippen molar-refractivity contribution in [2.75, 3.05) is 23.8 Å². The van der Waals surface area contributed by atoms with E-state index in [-0.39, 0.29) is 0 Å². The maximum Gasteiger partial charge on any atom is 0.187 e. The molecule has 0 amide bonds. The van der Waals surface area contributed by atoms with E-state index in [9.17, 15) is 0 Å². The summed E-state index contributed by atoms with van der Waals surface area (Å²) < 4.78 is 1.91. The van der Waals surface area contributed by atoms with Crippen LogP contribution in [0.4, 0.5) is 16.5 Å². The van der Waals surface area contributed by atoms with Crippen LogP contribution in [0.1, 0.15) is 23.7 Å². The molecule has 1 aromatic carbocycles. The molecule has 4 aromatic rings. The minimum absolute atomic E-state index is 0.843. The van der Waals surface area contributed by atoms with Gasteiger partial charge in [-0.1, -0.05) is 6.07 Å². The highest BCUT2D eigenvalue weighted by molar-refractivity contribution is 7.14. The SMILES string of the molecule is CCN(C)c1cc(Nc2nc(-c3ccc(-n4cnc(C)c4)nc3)cs2)c(C)cc1C. The molecular formula is C23H26N6S. The first-order valence-corrected chi connectivity index (χ1v) is 10.8. The maximum atomic E-state index is 4.78. The van der Waals surface area contributed by atoms with Gasteiger partial charge in [0, 0.05) is 48.3 Å². The third-order valence-electron chi connectivity index (χ3n) is 5.19. The molecule has 0 aliphatic carbocycles. The Hall–Kier alpha value is -3.19. The summed E-state index contributed by atoms with van der Waals surface area (Å²) >= 11 is 1.60. The summed E-state index contributed by atoms with van der Waals surface area (Å²) in [6.45, 7) is 9.37. The molecule has 0 saturated carbocycles. The standard InChI is InChI=1S/C23H26N6S/c1-6-28(5)21-10-19(15(2)9-16(21)3)26-23-27-20(13-30-23)18-7-8-22(24-11-18)29-12-17(4)25-14-29/h7-14H,6H2,1-5H3,(H,26,27). The molecule has 6 nitrogen and oxygen atoms in total. The van der Waals surface area contributed by atoms with Crippen molar-refractivity contribution in [3.63, 3.8) is 0 Å². The number of nitrogens with zero attached hydrogens (tertiary/aromatic N) is 5. The van der Waals surface area contributed by atoms with Crippen molar-refractivity contribution in [2.24, 2.45) is 0 Å². The fraction of sp³-hybridized carbons (Fsp3) is 0.261. The number of benzene rings is 1. The average molecular weight is 419 g/mol. The Labute approximate surface area is 181 Å². The van der Waals surface area contributed by atoms with E-state index in [2.05, 4.69) is 65.5 Å². The number of aryl methyl sites for hydroxylation is 3. The Bertz CT molecular complexity index is 1160. The molecule has 0 fully saturated rings. The van der Waals surface area contributed by atoms with Crippen molar-refractivity contribution in [1.29, 1.82) is 0 Å². The molecule has 0 radical (unpaired) electrons.